The predicted octanol–water partition coefficient (Wildman–Crippen LogP) is 1.32. The van der Waals surface area contributed by atoms with Crippen molar-refractivity contribution in [3.8, 4) is 0 Å². The van der Waals surface area contributed by atoms with Crippen LogP contribution >= 0.6 is 0 Å². The SMILES string of the molecule is CN1C(=O)CCNCC1c1cccc(F)c1. The molecule has 1 aliphatic rings. The summed E-state index contributed by atoms with van der Waals surface area (Å²) in [6, 6.07) is 6.35. The van der Waals surface area contributed by atoms with Crippen LogP contribution in [0.15, 0.2) is 24.3 Å². The minimum absolute atomic E-state index is 0.0781. The lowest BCUT2D eigenvalue weighted by Gasteiger charge is -2.26. The third kappa shape index (κ3) is 2.22. The third-order valence-corrected chi connectivity index (χ3v) is 2.95. The van der Waals surface area contributed by atoms with E-state index in [1.165, 1.54) is 12.1 Å². The number of hydrogen-bond acceptors (Lipinski definition) is 2. The molecule has 86 valence electrons. The maximum Gasteiger partial charge on any atom is 0.224 e. The zero-order valence-electron chi connectivity index (χ0n) is 9.24. The van der Waals surface area contributed by atoms with Crippen LogP contribution in [0, 0.1) is 5.82 Å². The largest absolute Gasteiger partial charge is 0.337 e. The van der Waals surface area contributed by atoms with Gasteiger partial charge < -0.3 is 10.2 Å². The summed E-state index contributed by atoms with van der Waals surface area (Å²) in [5, 5.41) is 3.19. The molecule has 0 saturated carbocycles. The van der Waals surface area contributed by atoms with Gasteiger partial charge in [-0.2, -0.15) is 0 Å². The Kier molecular flexibility index (Phi) is 3.19. The quantitative estimate of drug-likeness (QED) is 0.777. The first-order valence-corrected chi connectivity index (χ1v) is 5.40. The summed E-state index contributed by atoms with van der Waals surface area (Å²) >= 11 is 0. The number of nitrogens with one attached hydrogen (secondary N) is 1. The van der Waals surface area contributed by atoms with E-state index in [-0.39, 0.29) is 17.8 Å². The van der Waals surface area contributed by atoms with Crippen molar-refractivity contribution in [1.29, 1.82) is 0 Å². The highest BCUT2D eigenvalue weighted by molar-refractivity contribution is 5.77. The highest BCUT2D eigenvalue weighted by Gasteiger charge is 2.24. The molecule has 1 saturated heterocycles. The Balaban J connectivity index is 2.27. The van der Waals surface area contributed by atoms with E-state index in [4.69, 9.17) is 0 Å². The number of rotatable bonds is 1. The molecule has 0 spiro atoms. The molecule has 1 amide bonds. The molecule has 1 fully saturated rings. The van der Waals surface area contributed by atoms with Gasteiger partial charge in [-0.25, -0.2) is 4.39 Å². The van der Waals surface area contributed by atoms with Gasteiger partial charge in [-0.1, -0.05) is 12.1 Å². The molecule has 1 aromatic carbocycles. The molecule has 0 radical (unpaired) electrons. The molecule has 2 rings (SSSR count). The van der Waals surface area contributed by atoms with Gasteiger partial charge in [-0.05, 0) is 17.7 Å². The fraction of sp³-hybridized carbons (Fsp3) is 0.417. The van der Waals surface area contributed by atoms with Crippen molar-refractivity contribution in [1.82, 2.24) is 10.2 Å². The molecule has 1 atom stereocenters. The number of hydrogen-bond donors (Lipinski definition) is 1. The van der Waals surface area contributed by atoms with Crippen LogP contribution in [0.25, 0.3) is 0 Å². The molecule has 1 aliphatic heterocycles. The average Bonchev–Trinajstić information content (AvgIpc) is 2.42. The first kappa shape index (κ1) is 11.1. The smallest absolute Gasteiger partial charge is 0.224 e. The van der Waals surface area contributed by atoms with Crippen molar-refractivity contribution in [3.63, 3.8) is 0 Å². The van der Waals surface area contributed by atoms with E-state index in [0.29, 0.717) is 19.5 Å². The van der Waals surface area contributed by atoms with Crippen LogP contribution < -0.4 is 5.32 Å². The van der Waals surface area contributed by atoms with Gasteiger partial charge in [0.1, 0.15) is 5.82 Å². The van der Waals surface area contributed by atoms with Gasteiger partial charge in [-0.3, -0.25) is 4.79 Å². The van der Waals surface area contributed by atoms with Crippen LogP contribution in [0.4, 0.5) is 4.39 Å². The van der Waals surface area contributed by atoms with Crippen LogP contribution in [0.1, 0.15) is 18.0 Å². The summed E-state index contributed by atoms with van der Waals surface area (Å²) in [4.78, 5) is 13.4. The zero-order valence-corrected chi connectivity index (χ0v) is 9.24. The number of amides is 1. The molecule has 1 aromatic rings. The lowest BCUT2D eigenvalue weighted by molar-refractivity contribution is -0.131. The van der Waals surface area contributed by atoms with E-state index in [2.05, 4.69) is 5.32 Å². The standard InChI is InChI=1S/C12H15FN2O/c1-15-11(8-14-6-5-12(15)16)9-3-2-4-10(13)7-9/h2-4,7,11,14H,5-6,8H2,1H3. The molecule has 0 aliphatic carbocycles. The third-order valence-electron chi connectivity index (χ3n) is 2.95. The fourth-order valence-corrected chi connectivity index (χ4v) is 1.98. The van der Waals surface area contributed by atoms with Crippen LogP contribution in [0.3, 0.4) is 0 Å². The van der Waals surface area contributed by atoms with Crippen molar-refractivity contribution in [2.45, 2.75) is 12.5 Å². The molecule has 1 unspecified atom stereocenters. The number of carbonyl (C=O) groups is 1. The molecule has 4 heteroatoms. The zero-order chi connectivity index (χ0) is 11.5. The minimum Gasteiger partial charge on any atom is -0.337 e. The second kappa shape index (κ2) is 4.61. The summed E-state index contributed by atoms with van der Waals surface area (Å²) in [5.74, 6) is -0.165. The van der Waals surface area contributed by atoms with Gasteiger partial charge in [0.2, 0.25) is 5.91 Å². The summed E-state index contributed by atoms with van der Waals surface area (Å²) in [5.41, 5.74) is 0.838. The number of halogens is 1. The monoisotopic (exact) mass is 222 g/mol. The van der Waals surface area contributed by atoms with Crippen LogP contribution in [0.2, 0.25) is 0 Å². The highest BCUT2D eigenvalue weighted by Crippen LogP contribution is 2.21. The normalized spacial score (nSPS) is 22.0. The first-order chi connectivity index (χ1) is 7.68. The van der Waals surface area contributed by atoms with Gasteiger partial charge >= 0.3 is 0 Å². The number of benzene rings is 1. The molecular weight excluding hydrogens is 207 g/mol. The van der Waals surface area contributed by atoms with Crippen molar-refractivity contribution < 1.29 is 9.18 Å². The Morgan fingerprint density at radius 3 is 3.06 bits per heavy atom. The minimum atomic E-state index is -0.261. The molecule has 16 heavy (non-hydrogen) atoms. The molecular formula is C12H15FN2O. The van der Waals surface area contributed by atoms with Gasteiger partial charge in [0.25, 0.3) is 0 Å². The predicted molar refractivity (Wildman–Crippen MR) is 59.4 cm³/mol. The van der Waals surface area contributed by atoms with Crippen LogP contribution in [0.5, 0.6) is 0 Å². The van der Waals surface area contributed by atoms with Gasteiger partial charge in [-0.15, -0.1) is 0 Å². The Hall–Kier alpha value is -1.42. The van der Waals surface area contributed by atoms with Crippen molar-refractivity contribution in [2.75, 3.05) is 20.1 Å². The first-order valence-electron chi connectivity index (χ1n) is 5.40. The fourth-order valence-electron chi connectivity index (χ4n) is 1.98. The van der Waals surface area contributed by atoms with E-state index >= 15 is 0 Å². The summed E-state index contributed by atoms with van der Waals surface area (Å²) in [6.07, 6.45) is 0.502. The molecule has 1 N–H and O–H groups in total. The molecule has 1 heterocycles. The van der Waals surface area contributed by atoms with E-state index in [9.17, 15) is 9.18 Å². The molecule has 0 bridgehead atoms. The Morgan fingerprint density at radius 2 is 2.31 bits per heavy atom. The second-order valence-corrected chi connectivity index (χ2v) is 4.03. The topological polar surface area (TPSA) is 32.3 Å². The summed E-state index contributed by atoms with van der Waals surface area (Å²) in [7, 11) is 1.77. The van der Waals surface area contributed by atoms with Gasteiger partial charge in [0.15, 0.2) is 0 Å². The van der Waals surface area contributed by atoms with Crippen LogP contribution in [-0.4, -0.2) is 30.9 Å². The molecule has 3 nitrogen and oxygen atoms in total. The van der Waals surface area contributed by atoms with E-state index < -0.39 is 0 Å². The van der Waals surface area contributed by atoms with E-state index in [0.717, 1.165) is 5.56 Å². The summed E-state index contributed by atoms with van der Waals surface area (Å²) in [6.45, 7) is 1.36. The average molecular weight is 222 g/mol. The van der Waals surface area contributed by atoms with E-state index in [1.807, 2.05) is 6.07 Å². The van der Waals surface area contributed by atoms with Crippen molar-refractivity contribution >= 4 is 5.91 Å². The van der Waals surface area contributed by atoms with Gasteiger partial charge in [0.05, 0.1) is 6.04 Å². The molecule has 0 aromatic heterocycles. The number of carbonyl (C=O) groups excluding carboxylic acids is 1. The van der Waals surface area contributed by atoms with E-state index in [1.54, 1.807) is 18.0 Å². The maximum atomic E-state index is 13.1. The Bertz CT molecular complexity index is 394. The maximum absolute atomic E-state index is 13.1. The Labute approximate surface area is 94.3 Å². The summed E-state index contributed by atoms with van der Waals surface area (Å²) < 4.78 is 13.1. The van der Waals surface area contributed by atoms with Crippen molar-refractivity contribution in [3.05, 3.63) is 35.6 Å². The number of nitrogens with zero attached hydrogens (tertiary/aromatic N) is 1. The second-order valence-electron chi connectivity index (χ2n) is 4.03. The van der Waals surface area contributed by atoms with Crippen LogP contribution in [-0.2, 0) is 4.79 Å². The van der Waals surface area contributed by atoms with Crippen molar-refractivity contribution in [2.24, 2.45) is 0 Å². The lowest BCUT2D eigenvalue weighted by Crippen LogP contribution is -2.32. The lowest BCUT2D eigenvalue weighted by atomic mass is 10.1. The highest BCUT2D eigenvalue weighted by atomic mass is 19.1. The number of likely N-dealkylation sites (N-methyl/N-ethyl adjacent to an activating group) is 1. The van der Waals surface area contributed by atoms with Gasteiger partial charge in [0, 0.05) is 26.6 Å². The Morgan fingerprint density at radius 1 is 1.50 bits per heavy atom.